The Labute approximate surface area is 176 Å². The molecule has 4 aromatic rings. The van der Waals surface area contributed by atoms with Gasteiger partial charge in [0.15, 0.2) is 0 Å². The maximum absolute atomic E-state index is 6.00. The maximum atomic E-state index is 6.00. The second kappa shape index (κ2) is 7.94. The standard InChI is InChI=1S/C24H28N6/c25-21-7-3-6-18-12-17(14-27-22(18)21)5-2-1-4-16-8-9-19(13-16)30-11-10-20-23(26)28-15-29-24(20)30/h3,6-7,10-12,14-16,19H,1-2,4-5,8-9,13,25H2,(H2,26,28,29). The van der Waals surface area contributed by atoms with E-state index in [1.165, 1.54) is 44.1 Å². The number of para-hydroxylation sites is 1. The molecule has 1 aliphatic rings. The van der Waals surface area contributed by atoms with Crippen molar-refractivity contribution in [2.24, 2.45) is 5.92 Å². The van der Waals surface area contributed by atoms with Gasteiger partial charge in [-0.05, 0) is 61.8 Å². The number of benzene rings is 1. The maximum Gasteiger partial charge on any atom is 0.145 e. The molecule has 0 aliphatic heterocycles. The third-order valence-corrected chi connectivity index (χ3v) is 6.57. The summed E-state index contributed by atoms with van der Waals surface area (Å²) < 4.78 is 2.31. The third-order valence-electron chi connectivity index (χ3n) is 6.57. The second-order valence-electron chi connectivity index (χ2n) is 8.56. The van der Waals surface area contributed by atoms with Crippen LogP contribution in [0.15, 0.2) is 49.1 Å². The van der Waals surface area contributed by atoms with Crippen LogP contribution < -0.4 is 11.5 Å². The van der Waals surface area contributed by atoms with E-state index in [0.717, 1.165) is 40.0 Å². The zero-order chi connectivity index (χ0) is 20.5. The Balaban J connectivity index is 1.14. The van der Waals surface area contributed by atoms with Gasteiger partial charge in [0.05, 0.1) is 16.6 Å². The molecule has 3 heterocycles. The van der Waals surface area contributed by atoms with Crippen molar-refractivity contribution < 1.29 is 0 Å². The van der Waals surface area contributed by atoms with Gasteiger partial charge in [-0.3, -0.25) is 4.98 Å². The normalized spacial score (nSPS) is 19.1. The van der Waals surface area contributed by atoms with Gasteiger partial charge < -0.3 is 16.0 Å². The molecule has 3 aromatic heterocycles. The highest BCUT2D eigenvalue weighted by Crippen LogP contribution is 2.39. The lowest BCUT2D eigenvalue weighted by Gasteiger charge is -2.14. The molecule has 1 aliphatic carbocycles. The minimum Gasteiger partial charge on any atom is -0.397 e. The Morgan fingerprint density at radius 1 is 1.03 bits per heavy atom. The van der Waals surface area contributed by atoms with E-state index in [-0.39, 0.29) is 0 Å². The molecule has 0 bridgehead atoms. The second-order valence-corrected chi connectivity index (χ2v) is 8.56. The molecule has 6 nitrogen and oxygen atoms in total. The van der Waals surface area contributed by atoms with Crippen LogP contribution in [-0.4, -0.2) is 19.5 Å². The largest absolute Gasteiger partial charge is 0.397 e. The molecule has 0 spiro atoms. The van der Waals surface area contributed by atoms with Crippen molar-refractivity contribution in [1.82, 2.24) is 19.5 Å². The summed E-state index contributed by atoms with van der Waals surface area (Å²) in [4.78, 5) is 13.1. The molecule has 6 heteroatoms. The number of aryl methyl sites for hydroxylation is 1. The topological polar surface area (TPSA) is 95.6 Å². The average Bonchev–Trinajstić information content (AvgIpc) is 3.39. The summed E-state index contributed by atoms with van der Waals surface area (Å²) in [5.74, 6) is 1.36. The molecule has 0 amide bonds. The van der Waals surface area contributed by atoms with Gasteiger partial charge in [0, 0.05) is 23.8 Å². The Morgan fingerprint density at radius 3 is 2.90 bits per heavy atom. The molecule has 1 fully saturated rings. The Morgan fingerprint density at radius 2 is 1.97 bits per heavy atom. The van der Waals surface area contributed by atoms with Crippen LogP contribution in [0, 0.1) is 5.92 Å². The molecule has 0 saturated heterocycles. The van der Waals surface area contributed by atoms with Gasteiger partial charge in [0.2, 0.25) is 0 Å². The lowest BCUT2D eigenvalue weighted by Crippen LogP contribution is -2.06. The highest BCUT2D eigenvalue weighted by atomic mass is 15.1. The van der Waals surface area contributed by atoms with Crippen LogP contribution in [0.5, 0.6) is 0 Å². The van der Waals surface area contributed by atoms with Gasteiger partial charge >= 0.3 is 0 Å². The fourth-order valence-corrected chi connectivity index (χ4v) is 4.98. The lowest BCUT2D eigenvalue weighted by atomic mass is 9.98. The number of pyridine rings is 1. The van der Waals surface area contributed by atoms with Crippen LogP contribution in [0.1, 0.15) is 50.1 Å². The predicted octanol–water partition coefficient (Wildman–Crippen LogP) is 4.90. The number of nitrogen functional groups attached to an aromatic ring is 2. The smallest absolute Gasteiger partial charge is 0.145 e. The molecule has 1 aromatic carbocycles. The van der Waals surface area contributed by atoms with Crippen molar-refractivity contribution in [3.8, 4) is 0 Å². The number of fused-ring (bicyclic) bond motifs is 2. The molecule has 30 heavy (non-hydrogen) atoms. The number of nitrogens with two attached hydrogens (primary N) is 2. The van der Waals surface area contributed by atoms with Crippen LogP contribution in [-0.2, 0) is 6.42 Å². The van der Waals surface area contributed by atoms with E-state index < -0.39 is 0 Å². The summed E-state index contributed by atoms with van der Waals surface area (Å²) in [5.41, 5.74) is 15.9. The van der Waals surface area contributed by atoms with E-state index in [9.17, 15) is 0 Å². The first-order valence-corrected chi connectivity index (χ1v) is 10.9. The molecule has 0 radical (unpaired) electrons. The molecule has 2 atom stereocenters. The van der Waals surface area contributed by atoms with Crippen molar-refractivity contribution in [2.45, 2.75) is 51.0 Å². The molecule has 1 saturated carbocycles. The SMILES string of the molecule is Nc1ncnc2c1ccn2C1CCC(CCCCc2cnc3c(N)cccc3c2)C1. The zero-order valence-electron chi connectivity index (χ0n) is 17.2. The van der Waals surface area contributed by atoms with Gasteiger partial charge in [-0.1, -0.05) is 25.0 Å². The molecule has 4 N–H and O–H groups in total. The molecule has 2 unspecified atom stereocenters. The van der Waals surface area contributed by atoms with Gasteiger partial charge in [0.25, 0.3) is 0 Å². The minimum atomic E-state index is 0.525. The van der Waals surface area contributed by atoms with Crippen LogP contribution in [0.25, 0.3) is 21.9 Å². The first-order chi connectivity index (χ1) is 14.7. The van der Waals surface area contributed by atoms with Gasteiger partial charge in [-0.15, -0.1) is 0 Å². The summed E-state index contributed by atoms with van der Waals surface area (Å²) in [7, 11) is 0. The lowest BCUT2D eigenvalue weighted by molar-refractivity contribution is 0.443. The van der Waals surface area contributed by atoms with Crippen LogP contribution in [0.2, 0.25) is 0 Å². The van der Waals surface area contributed by atoms with E-state index in [0.29, 0.717) is 11.9 Å². The highest BCUT2D eigenvalue weighted by molar-refractivity contribution is 5.89. The number of hydrogen-bond donors (Lipinski definition) is 2. The minimum absolute atomic E-state index is 0.525. The van der Waals surface area contributed by atoms with Crippen molar-refractivity contribution >= 4 is 33.4 Å². The molecular weight excluding hydrogens is 372 g/mol. The number of unbranched alkanes of at least 4 members (excludes halogenated alkanes) is 1. The monoisotopic (exact) mass is 400 g/mol. The predicted molar refractivity (Wildman–Crippen MR) is 122 cm³/mol. The zero-order valence-corrected chi connectivity index (χ0v) is 17.2. The van der Waals surface area contributed by atoms with E-state index in [4.69, 9.17) is 11.5 Å². The van der Waals surface area contributed by atoms with Crippen LogP contribution >= 0.6 is 0 Å². The Hall–Kier alpha value is -3.15. The van der Waals surface area contributed by atoms with Gasteiger partial charge in [0.1, 0.15) is 17.8 Å². The summed E-state index contributed by atoms with van der Waals surface area (Å²) in [5, 5.41) is 2.10. The van der Waals surface area contributed by atoms with Crippen molar-refractivity contribution in [3.05, 3.63) is 54.6 Å². The Bertz CT molecular complexity index is 1180. The number of hydrogen-bond acceptors (Lipinski definition) is 5. The summed E-state index contributed by atoms with van der Waals surface area (Å²) in [6.07, 6.45) is 14.2. The van der Waals surface area contributed by atoms with Gasteiger partial charge in [-0.25, -0.2) is 9.97 Å². The highest BCUT2D eigenvalue weighted by Gasteiger charge is 2.26. The number of anilines is 2. The van der Waals surface area contributed by atoms with Crippen LogP contribution in [0.4, 0.5) is 11.5 Å². The van der Waals surface area contributed by atoms with Crippen molar-refractivity contribution in [1.29, 1.82) is 0 Å². The molecule has 5 rings (SSSR count). The fraction of sp³-hybridized carbons (Fsp3) is 0.375. The fourth-order valence-electron chi connectivity index (χ4n) is 4.98. The number of rotatable bonds is 6. The molecule has 154 valence electrons. The first kappa shape index (κ1) is 18.9. The van der Waals surface area contributed by atoms with E-state index in [1.807, 2.05) is 24.4 Å². The number of aromatic nitrogens is 4. The summed E-state index contributed by atoms with van der Waals surface area (Å²) in [6, 6.07) is 10.8. The third kappa shape index (κ3) is 3.58. The quantitative estimate of drug-likeness (QED) is 0.354. The van der Waals surface area contributed by atoms with Gasteiger partial charge in [-0.2, -0.15) is 0 Å². The van der Waals surface area contributed by atoms with E-state index >= 15 is 0 Å². The van der Waals surface area contributed by atoms with Crippen LogP contribution in [0.3, 0.4) is 0 Å². The van der Waals surface area contributed by atoms with E-state index in [1.54, 1.807) is 6.33 Å². The molecular formula is C24H28N6. The first-order valence-electron chi connectivity index (χ1n) is 10.9. The average molecular weight is 401 g/mol. The summed E-state index contributed by atoms with van der Waals surface area (Å²) >= 11 is 0. The van der Waals surface area contributed by atoms with Crippen molar-refractivity contribution in [3.63, 3.8) is 0 Å². The van der Waals surface area contributed by atoms with Crippen molar-refractivity contribution in [2.75, 3.05) is 11.5 Å². The number of nitrogens with zero attached hydrogens (tertiary/aromatic N) is 4. The Kier molecular flexibility index (Phi) is 4.99. The van der Waals surface area contributed by atoms with E-state index in [2.05, 4.69) is 37.8 Å². The summed E-state index contributed by atoms with van der Waals surface area (Å²) in [6.45, 7) is 0.